The van der Waals surface area contributed by atoms with E-state index in [9.17, 15) is 13.2 Å². The van der Waals surface area contributed by atoms with Gasteiger partial charge in [0.2, 0.25) is 10.0 Å². The third-order valence-electron chi connectivity index (χ3n) is 4.57. The molecule has 0 spiro atoms. The van der Waals surface area contributed by atoms with Crippen LogP contribution in [0.25, 0.3) is 0 Å². The van der Waals surface area contributed by atoms with Gasteiger partial charge in [-0.2, -0.15) is 0 Å². The molecule has 0 saturated carbocycles. The number of fused-ring (bicyclic) bond motifs is 1. The van der Waals surface area contributed by atoms with Crippen molar-refractivity contribution >= 4 is 16.0 Å². The van der Waals surface area contributed by atoms with Crippen LogP contribution in [-0.4, -0.2) is 31.6 Å². The predicted molar refractivity (Wildman–Crippen MR) is 101 cm³/mol. The number of carboxylic acid groups (broad SMARTS) is 1. The number of rotatable bonds is 6. The molecule has 2 N–H and O–H groups in total. The fourth-order valence-electron chi connectivity index (χ4n) is 3.41. The van der Waals surface area contributed by atoms with E-state index in [1.54, 1.807) is 42.5 Å². The average molecular weight is 389 g/mol. The van der Waals surface area contributed by atoms with Crippen LogP contribution in [0, 0.1) is 0 Å². The minimum Gasteiger partial charge on any atom is -0.488 e. The summed E-state index contributed by atoms with van der Waals surface area (Å²) in [5, 5.41) is 8.99. The molecule has 6 nitrogen and oxygen atoms in total. The highest BCUT2D eigenvalue weighted by Gasteiger charge is 2.34. The van der Waals surface area contributed by atoms with E-state index in [0.717, 1.165) is 5.56 Å². The second kappa shape index (κ2) is 7.32. The van der Waals surface area contributed by atoms with Gasteiger partial charge in [0.15, 0.2) is 0 Å². The molecular formula is C20H23NO5S. The lowest BCUT2D eigenvalue weighted by molar-refractivity contribution is -0.136. The molecule has 0 fully saturated rings. The standard InChI is InChI=1S/C20H23NO5S/c1-20(2)12-15(13-21-27(24,25)16-6-4-3-5-7-16)17-9-8-14(11-19(22)23)10-18(17)26-20/h3-10,15,21H,11-13H2,1-2H3,(H,22,23). The van der Waals surface area contributed by atoms with Gasteiger partial charge in [-0.25, -0.2) is 13.1 Å². The van der Waals surface area contributed by atoms with E-state index in [1.165, 1.54) is 0 Å². The number of hydrogen-bond acceptors (Lipinski definition) is 4. The van der Waals surface area contributed by atoms with E-state index >= 15 is 0 Å². The Kier molecular flexibility index (Phi) is 5.26. The summed E-state index contributed by atoms with van der Waals surface area (Å²) in [5.41, 5.74) is 1.07. The molecule has 1 heterocycles. The molecule has 0 amide bonds. The molecule has 0 aromatic heterocycles. The van der Waals surface area contributed by atoms with Crippen LogP contribution in [0.2, 0.25) is 0 Å². The van der Waals surface area contributed by atoms with Crippen molar-refractivity contribution in [3.63, 3.8) is 0 Å². The maximum Gasteiger partial charge on any atom is 0.307 e. The molecule has 1 aliphatic heterocycles. The van der Waals surface area contributed by atoms with Crippen LogP contribution in [-0.2, 0) is 21.2 Å². The lowest BCUT2D eigenvalue weighted by Gasteiger charge is -2.38. The number of carboxylic acids is 1. The Labute approximate surface area is 159 Å². The number of hydrogen-bond donors (Lipinski definition) is 2. The zero-order chi connectivity index (χ0) is 19.7. The molecule has 7 heteroatoms. The quantitative estimate of drug-likeness (QED) is 0.792. The Bertz CT molecular complexity index is 938. The van der Waals surface area contributed by atoms with Crippen LogP contribution >= 0.6 is 0 Å². The summed E-state index contributed by atoms with van der Waals surface area (Å²) < 4.78 is 33.7. The van der Waals surface area contributed by atoms with Gasteiger partial charge >= 0.3 is 5.97 Å². The van der Waals surface area contributed by atoms with E-state index in [4.69, 9.17) is 9.84 Å². The first kappa shape index (κ1) is 19.4. The smallest absolute Gasteiger partial charge is 0.307 e. The van der Waals surface area contributed by atoms with Gasteiger partial charge in [-0.05, 0) is 49.6 Å². The second-order valence-corrected chi connectivity index (χ2v) is 9.14. The molecule has 0 bridgehead atoms. The van der Waals surface area contributed by atoms with Gasteiger partial charge in [0.25, 0.3) is 0 Å². The normalized spacial score (nSPS) is 18.4. The highest BCUT2D eigenvalue weighted by molar-refractivity contribution is 7.89. The van der Waals surface area contributed by atoms with Gasteiger partial charge in [-0.1, -0.05) is 30.3 Å². The molecule has 1 aliphatic rings. The van der Waals surface area contributed by atoms with Crippen molar-refractivity contribution in [2.24, 2.45) is 0 Å². The Morgan fingerprint density at radius 2 is 1.93 bits per heavy atom. The number of nitrogens with one attached hydrogen (secondary N) is 1. The second-order valence-electron chi connectivity index (χ2n) is 7.37. The first-order chi connectivity index (χ1) is 12.7. The van der Waals surface area contributed by atoms with Gasteiger partial charge in [0, 0.05) is 12.5 Å². The largest absolute Gasteiger partial charge is 0.488 e. The Balaban J connectivity index is 1.83. The van der Waals surface area contributed by atoms with Crippen molar-refractivity contribution in [3.05, 3.63) is 59.7 Å². The lowest BCUT2D eigenvalue weighted by atomic mass is 9.84. The van der Waals surface area contributed by atoms with Crippen molar-refractivity contribution in [2.45, 2.75) is 43.1 Å². The molecule has 3 rings (SSSR count). The highest BCUT2D eigenvalue weighted by atomic mass is 32.2. The summed E-state index contributed by atoms with van der Waals surface area (Å²) >= 11 is 0. The molecule has 1 unspecified atom stereocenters. The van der Waals surface area contributed by atoms with Crippen LogP contribution in [0.1, 0.15) is 37.3 Å². The molecule has 2 aromatic carbocycles. The van der Waals surface area contributed by atoms with Crippen LogP contribution in [0.15, 0.2) is 53.4 Å². The predicted octanol–water partition coefficient (Wildman–Crippen LogP) is 2.94. The Morgan fingerprint density at radius 3 is 2.59 bits per heavy atom. The van der Waals surface area contributed by atoms with E-state index in [-0.39, 0.29) is 23.8 Å². The van der Waals surface area contributed by atoms with Crippen molar-refractivity contribution in [1.82, 2.24) is 4.72 Å². The van der Waals surface area contributed by atoms with Crippen molar-refractivity contribution in [1.29, 1.82) is 0 Å². The Morgan fingerprint density at radius 1 is 1.22 bits per heavy atom. The van der Waals surface area contributed by atoms with E-state index in [2.05, 4.69) is 4.72 Å². The van der Waals surface area contributed by atoms with Gasteiger partial charge in [0.1, 0.15) is 11.4 Å². The van der Waals surface area contributed by atoms with Gasteiger partial charge in [-0.3, -0.25) is 4.79 Å². The molecular weight excluding hydrogens is 366 g/mol. The van der Waals surface area contributed by atoms with E-state index in [0.29, 0.717) is 17.7 Å². The maximum atomic E-state index is 12.5. The summed E-state index contributed by atoms with van der Waals surface area (Å²) in [4.78, 5) is 11.2. The van der Waals surface area contributed by atoms with Gasteiger partial charge in [0.05, 0.1) is 11.3 Å². The lowest BCUT2D eigenvalue weighted by Crippen LogP contribution is -2.39. The van der Waals surface area contributed by atoms with Crippen LogP contribution < -0.4 is 9.46 Å². The van der Waals surface area contributed by atoms with Gasteiger partial charge < -0.3 is 9.84 Å². The minimum absolute atomic E-state index is 0.0684. The maximum absolute atomic E-state index is 12.5. The molecule has 144 valence electrons. The van der Waals surface area contributed by atoms with Crippen molar-refractivity contribution < 1.29 is 23.1 Å². The van der Waals surface area contributed by atoms with Crippen LogP contribution in [0.3, 0.4) is 0 Å². The first-order valence-corrected chi connectivity index (χ1v) is 10.2. The highest BCUT2D eigenvalue weighted by Crippen LogP contribution is 2.41. The summed E-state index contributed by atoms with van der Waals surface area (Å²) in [5.74, 6) is -0.354. The zero-order valence-electron chi connectivity index (χ0n) is 15.3. The molecule has 2 aromatic rings. The summed E-state index contributed by atoms with van der Waals surface area (Å²) in [6.07, 6.45) is 0.567. The third-order valence-corrected chi connectivity index (χ3v) is 6.01. The van der Waals surface area contributed by atoms with Crippen LogP contribution in [0.4, 0.5) is 0 Å². The molecule has 1 atom stereocenters. The Hall–Kier alpha value is -2.38. The minimum atomic E-state index is -3.59. The number of sulfonamides is 1. The third kappa shape index (κ3) is 4.67. The average Bonchev–Trinajstić information content (AvgIpc) is 2.59. The van der Waals surface area contributed by atoms with Gasteiger partial charge in [-0.15, -0.1) is 0 Å². The number of carbonyl (C=O) groups is 1. The summed E-state index contributed by atoms with van der Waals surface area (Å²) in [6, 6.07) is 13.6. The summed E-state index contributed by atoms with van der Waals surface area (Å²) in [7, 11) is -3.59. The monoisotopic (exact) mass is 389 g/mol. The molecule has 0 saturated heterocycles. The zero-order valence-corrected chi connectivity index (χ0v) is 16.1. The first-order valence-electron chi connectivity index (χ1n) is 8.75. The molecule has 0 aliphatic carbocycles. The number of benzene rings is 2. The molecule has 0 radical (unpaired) electrons. The van der Waals surface area contributed by atoms with Crippen LogP contribution in [0.5, 0.6) is 5.75 Å². The molecule has 27 heavy (non-hydrogen) atoms. The topological polar surface area (TPSA) is 92.7 Å². The number of ether oxygens (including phenoxy) is 1. The number of aliphatic carboxylic acids is 1. The fraction of sp³-hybridized carbons (Fsp3) is 0.350. The van der Waals surface area contributed by atoms with E-state index in [1.807, 2.05) is 19.9 Å². The van der Waals surface area contributed by atoms with Crippen molar-refractivity contribution in [2.75, 3.05) is 6.54 Å². The van der Waals surface area contributed by atoms with E-state index < -0.39 is 21.6 Å². The SMILES string of the molecule is CC1(C)CC(CNS(=O)(=O)c2ccccc2)c2ccc(CC(=O)O)cc2O1. The fourth-order valence-corrected chi connectivity index (χ4v) is 4.51. The van der Waals surface area contributed by atoms with Crippen molar-refractivity contribution in [3.8, 4) is 5.75 Å². The summed E-state index contributed by atoms with van der Waals surface area (Å²) in [6.45, 7) is 4.13.